The first kappa shape index (κ1) is 18.3. The molecule has 2 N–H and O–H groups in total. The van der Waals surface area contributed by atoms with E-state index in [1.807, 2.05) is 38.1 Å². The summed E-state index contributed by atoms with van der Waals surface area (Å²) in [5, 5.41) is 14.7. The molecule has 1 aromatic heterocycles. The second-order valence-electron chi connectivity index (χ2n) is 7.08. The lowest BCUT2D eigenvalue weighted by atomic mass is 9.78. The van der Waals surface area contributed by atoms with Crippen LogP contribution in [0.1, 0.15) is 42.0 Å². The zero-order valence-corrected chi connectivity index (χ0v) is 16.4. The molecule has 0 fully saturated rings. The number of hydrogen-bond acceptors (Lipinski definition) is 5. The molecule has 0 saturated carbocycles. The minimum absolute atomic E-state index is 0.0273. The van der Waals surface area contributed by atoms with Crippen LogP contribution in [0.3, 0.4) is 0 Å². The third kappa shape index (κ3) is 2.79. The lowest BCUT2D eigenvalue weighted by Gasteiger charge is -2.30. The van der Waals surface area contributed by atoms with E-state index < -0.39 is 5.92 Å². The van der Waals surface area contributed by atoms with Crippen LogP contribution >= 0.6 is 11.6 Å². The van der Waals surface area contributed by atoms with Crippen LogP contribution in [0.2, 0.25) is 5.15 Å². The number of benzene rings is 1. The summed E-state index contributed by atoms with van der Waals surface area (Å²) in [7, 11) is 0. The first-order valence-electron chi connectivity index (χ1n) is 9.08. The second-order valence-corrected chi connectivity index (χ2v) is 7.43. The molecule has 1 aliphatic heterocycles. The summed E-state index contributed by atoms with van der Waals surface area (Å²) < 4.78 is 7.25. The van der Waals surface area contributed by atoms with Crippen molar-refractivity contribution in [1.82, 2.24) is 9.78 Å². The van der Waals surface area contributed by atoms with Gasteiger partial charge in [0.25, 0.3) is 0 Å². The summed E-state index contributed by atoms with van der Waals surface area (Å²) >= 11 is 6.74. The van der Waals surface area contributed by atoms with E-state index in [1.54, 1.807) is 4.68 Å². The van der Waals surface area contributed by atoms with Gasteiger partial charge in [-0.2, -0.15) is 10.4 Å². The van der Waals surface area contributed by atoms with Gasteiger partial charge in [0.1, 0.15) is 22.6 Å². The highest BCUT2D eigenvalue weighted by molar-refractivity contribution is 6.31. The van der Waals surface area contributed by atoms with Crippen molar-refractivity contribution in [1.29, 1.82) is 5.26 Å². The summed E-state index contributed by atoms with van der Waals surface area (Å²) in [5.74, 6) is -0.130. The number of Topliss-reactive ketones (excluding diaryl/α,β-unsaturated/α-hetero) is 1. The van der Waals surface area contributed by atoms with E-state index in [0.29, 0.717) is 47.0 Å². The Morgan fingerprint density at radius 1 is 1.29 bits per heavy atom. The summed E-state index contributed by atoms with van der Waals surface area (Å²) in [5.41, 5.74) is 9.88. The average Bonchev–Trinajstić information content (AvgIpc) is 2.95. The minimum Gasteiger partial charge on any atom is -0.444 e. The molecule has 0 amide bonds. The largest absolute Gasteiger partial charge is 0.444 e. The molecule has 0 bridgehead atoms. The predicted octanol–water partition coefficient (Wildman–Crippen LogP) is 3.96. The van der Waals surface area contributed by atoms with Crippen LogP contribution in [-0.2, 0) is 9.53 Å². The lowest BCUT2D eigenvalue weighted by Crippen LogP contribution is -2.27. The van der Waals surface area contributed by atoms with E-state index in [0.717, 1.165) is 11.3 Å². The molecular formula is C21H19ClN4O2. The molecule has 4 rings (SSSR count). The molecule has 2 aliphatic rings. The Balaban J connectivity index is 1.92. The molecule has 0 radical (unpaired) electrons. The number of ether oxygens (including phenoxy) is 1. The van der Waals surface area contributed by atoms with Crippen LogP contribution in [0, 0.1) is 25.2 Å². The summed E-state index contributed by atoms with van der Waals surface area (Å²) in [6.45, 7) is 3.82. The van der Waals surface area contributed by atoms with Gasteiger partial charge in [-0.25, -0.2) is 4.68 Å². The molecule has 2 heterocycles. The Bertz CT molecular complexity index is 1090. The third-order valence-corrected chi connectivity index (χ3v) is 5.58. The van der Waals surface area contributed by atoms with Crippen molar-refractivity contribution >= 4 is 17.4 Å². The van der Waals surface area contributed by atoms with E-state index >= 15 is 0 Å². The predicted molar refractivity (Wildman–Crippen MR) is 105 cm³/mol. The Morgan fingerprint density at radius 2 is 2.00 bits per heavy atom. The molecular weight excluding hydrogens is 376 g/mol. The average molecular weight is 395 g/mol. The quantitative estimate of drug-likeness (QED) is 0.831. The Kier molecular flexibility index (Phi) is 4.48. The standard InChI is InChI=1S/C21H19ClN4O2/c1-11-6-8-13(9-7-11)26-20(22)17(12(2)25-26)18-14(10-23)21(24)28-16-5-3-4-15(27)19(16)18/h6-9,18H,3-5,24H2,1-2H3/t18-/m0/s1. The van der Waals surface area contributed by atoms with E-state index in [1.165, 1.54) is 0 Å². The van der Waals surface area contributed by atoms with Crippen LogP contribution in [0.15, 0.2) is 47.1 Å². The fourth-order valence-corrected chi connectivity index (χ4v) is 4.22. The summed E-state index contributed by atoms with van der Waals surface area (Å²) in [6.07, 6.45) is 1.73. The van der Waals surface area contributed by atoms with Gasteiger partial charge >= 0.3 is 0 Å². The van der Waals surface area contributed by atoms with Gasteiger partial charge in [0, 0.05) is 24.0 Å². The third-order valence-electron chi connectivity index (χ3n) is 5.22. The van der Waals surface area contributed by atoms with Gasteiger partial charge in [-0.1, -0.05) is 29.3 Å². The summed E-state index contributed by atoms with van der Waals surface area (Å²) in [6, 6.07) is 9.91. The highest BCUT2D eigenvalue weighted by Gasteiger charge is 2.41. The highest BCUT2D eigenvalue weighted by Crippen LogP contribution is 2.46. The van der Waals surface area contributed by atoms with Gasteiger partial charge in [0.2, 0.25) is 5.88 Å². The molecule has 1 aromatic carbocycles. The number of carbonyl (C=O) groups is 1. The number of allylic oxidation sites excluding steroid dienone is 3. The second kappa shape index (κ2) is 6.84. The zero-order chi connectivity index (χ0) is 20.0. The number of nitrogens with two attached hydrogens (primary N) is 1. The maximum absolute atomic E-state index is 12.7. The van der Waals surface area contributed by atoms with Crippen LogP contribution in [0.4, 0.5) is 0 Å². The molecule has 1 atom stereocenters. The zero-order valence-electron chi connectivity index (χ0n) is 15.6. The van der Waals surface area contributed by atoms with Crippen molar-refractivity contribution in [2.24, 2.45) is 5.73 Å². The first-order chi connectivity index (χ1) is 13.4. The fraction of sp³-hybridized carbons (Fsp3) is 0.286. The number of nitriles is 1. The van der Waals surface area contributed by atoms with Crippen LogP contribution in [0.25, 0.3) is 5.69 Å². The molecule has 142 valence electrons. The maximum atomic E-state index is 12.7. The molecule has 0 saturated heterocycles. The van der Waals surface area contributed by atoms with E-state index in [-0.39, 0.29) is 17.2 Å². The lowest BCUT2D eigenvalue weighted by molar-refractivity contribution is -0.116. The molecule has 0 unspecified atom stereocenters. The van der Waals surface area contributed by atoms with Gasteiger partial charge in [-0.05, 0) is 32.4 Å². The molecule has 7 heteroatoms. The smallest absolute Gasteiger partial charge is 0.205 e. The van der Waals surface area contributed by atoms with Crippen molar-refractivity contribution in [2.75, 3.05) is 0 Å². The van der Waals surface area contributed by atoms with Crippen LogP contribution in [0.5, 0.6) is 0 Å². The molecule has 1 aliphatic carbocycles. The molecule has 0 spiro atoms. The van der Waals surface area contributed by atoms with Crippen LogP contribution in [-0.4, -0.2) is 15.6 Å². The van der Waals surface area contributed by atoms with Crippen molar-refractivity contribution in [3.63, 3.8) is 0 Å². The Labute approximate surface area is 167 Å². The number of hydrogen-bond donors (Lipinski definition) is 1. The molecule has 28 heavy (non-hydrogen) atoms. The van der Waals surface area contributed by atoms with Gasteiger partial charge in [0.05, 0.1) is 17.3 Å². The number of nitrogens with zero attached hydrogens (tertiary/aromatic N) is 3. The van der Waals surface area contributed by atoms with Crippen molar-refractivity contribution < 1.29 is 9.53 Å². The number of carbonyl (C=O) groups excluding carboxylic acids is 1. The number of rotatable bonds is 2. The van der Waals surface area contributed by atoms with Crippen molar-refractivity contribution in [2.45, 2.75) is 39.0 Å². The normalized spacial score (nSPS) is 19.4. The summed E-state index contributed by atoms with van der Waals surface area (Å²) in [4.78, 5) is 12.7. The number of aromatic nitrogens is 2. The monoisotopic (exact) mass is 394 g/mol. The number of aryl methyl sites for hydroxylation is 2. The molecule has 6 nitrogen and oxygen atoms in total. The minimum atomic E-state index is -0.659. The van der Waals surface area contributed by atoms with Crippen LogP contribution < -0.4 is 5.73 Å². The SMILES string of the molecule is Cc1ccc(-n2nc(C)c([C@@H]3C(C#N)=C(N)OC4=C3C(=O)CCC4)c2Cl)cc1. The maximum Gasteiger partial charge on any atom is 0.205 e. The number of ketones is 1. The van der Waals surface area contributed by atoms with E-state index in [9.17, 15) is 10.1 Å². The van der Waals surface area contributed by atoms with E-state index in [2.05, 4.69) is 11.2 Å². The van der Waals surface area contributed by atoms with E-state index in [4.69, 9.17) is 22.1 Å². The topological polar surface area (TPSA) is 93.9 Å². The Morgan fingerprint density at radius 3 is 2.68 bits per heavy atom. The van der Waals surface area contributed by atoms with Gasteiger partial charge in [0.15, 0.2) is 5.78 Å². The molecule has 2 aromatic rings. The van der Waals surface area contributed by atoms with Gasteiger partial charge in [-0.3, -0.25) is 4.79 Å². The highest BCUT2D eigenvalue weighted by atomic mass is 35.5. The van der Waals surface area contributed by atoms with Crippen molar-refractivity contribution in [3.05, 3.63) is 69.0 Å². The Hall–Kier alpha value is -3.04. The first-order valence-corrected chi connectivity index (χ1v) is 9.46. The fourth-order valence-electron chi connectivity index (χ4n) is 3.84. The number of halogens is 1. The van der Waals surface area contributed by atoms with Gasteiger partial charge in [-0.15, -0.1) is 0 Å². The van der Waals surface area contributed by atoms with Crippen molar-refractivity contribution in [3.8, 4) is 11.8 Å². The van der Waals surface area contributed by atoms with Gasteiger partial charge < -0.3 is 10.5 Å².